The second-order valence-corrected chi connectivity index (χ2v) is 8.27. The zero-order chi connectivity index (χ0) is 24.0. The molecule has 5 rings (SSSR count). The molecule has 3 aromatic rings. The van der Waals surface area contributed by atoms with Crippen LogP contribution in [0.25, 0.3) is 0 Å². The van der Waals surface area contributed by atoms with Crippen LogP contribution >= 0.6 is 0 Å². The van der Waals surface area contributed by atoms with E-state index in [0.717, 1.165) is 0 Å². The number of hydrogen-bond acceptors (Lipinski definition) is 9. The van der Waals surface area contributed by atoms with E-state index in [1.807, 2.05) is 0 Å². The van der Waals surface area contributed by atoms with E-state index < -0.39 is 24.4 Å². The van der Waals surface area contributed by atoms with Gasteiger partial charge in [0.25, 0.3) is 0 Å². The lowest BCUT2D eigenvalue weighted by molar-refractivity contribution is -0.0133. The molecule has 0 aliphatic carbocycles. The third kappa shape index (κ3) is 3.78. The molecule has 0 spiro atoms. The molecule has 0 radical (unpaired) electrons. The van der Waals surface area contributed by atoms with E-state index in [-0.39, 0.29) is 41.8 Å². The van der Waals surface area contributed by atoms with Gasteiger partial charge in [-0.3, -0.25) is 0 Å². The molecule has 0 fully saturated rings. The molecular weight excluding hydrogens is 444 g/mol. The Labute approximate surface area is 195 Å². The van der Waals surface area contributed by atoms with Crippen LogP contribution in [0.1, 0.15) is 28.9 Å². The summed E-state index contributed by atoms with van der Waals surface area (Å²) in [5.41, 5.74) is 1.66. The summed E-state index contributed by atoms with van der Waals surface area (Å²) in [4.78, 5) is 0. The Morgan fingerprint density at radius 3 is 2.32 bits per heavy atom. The van der Waals surface area contributed by atoms with E-state index in [4.69, 9.17) is 18.9 Å². The minimum Gasteiger partial charge on any atom is -0.508 e. The average Bonchev–Trinajstić information content (AvgIpc) is 2.83. The highest BCUT2D eigenvalue weighted by atomic mass is 16.6. The van der Waals surface area contributed by atoms with Crippen molar-refractivity contribution in [3.05, 3.63) is 65.2 Å². The van der Waals surface area contributed by atoms with E-state index >= 15 is 0 Å². The lowest BCUT2D eigenvalue weighted by Gasteiger charge is -2.35. The Morgan fingerprint density at radius 1 is 0.824 bits per heavy atom. The molecule has 0 saturated carbocycles. The summed E-state index contributed by atoms with van der Waals surface area (Å²) in [5, 5.41) is 50.4. The fraction of sp³-hybridized carbons (Fsp3) is 0.280. The van der Waals surface area contributed by atoms with Gasteiger partial charge in [0.15, 0.2) is 35.2 Å². The number of hydrogen-bond donors (Lipinski definition) is 5. The summed E-state index contributed by atoms with van der Waals surface area (Å²) < 4.78 is 23.3. The molecule has 2 aliphatic heterocycles. The third-order valence-electron chi connectivity index (χ3n) is 6.07. The first kappa shape index (κ1) is 22.0. The summed E-state index contributed by atoms with van der Waals surface area (Å²) in [6.07, 6.45) is -2.96. The van der Waals surface area contributed by atoms with Crippen molar-refractivity contribution in [2.75, 3.05) is 13.7 Å². The number of aliphatic hydroxyl groups is 2. The van der Waals surface area contributed by atoms with Gasteiger partial charge in [-0.1, -0.05) is 12.1 Å². The maximum atomic E-state index is 10.7. The first-order chi connectivity index (χ1) is 16.4. The van der Waals surface area contributed by atoms with Crippen molar-refractivity contribution in [3.63, 3.8) is 0 Å². The van der Waals surface area contributed by atoms with Crippen molar-refractivity contribution < 1.29 is 44.5 Å². The van der Waals surface area contributed by atoms with E-state index in [1.165, 1.54) is 25.3 Å². The topological polar surface area (TPSA) is 138 Å². The van der Waals surface area contributed by atoms with Gasteiger partial charge in [-0.25, -0.2) is 0 Å². The van der Waals surface area contributed by atoms with Crippen molar-refractivity contribution in [1.29, 1.82) is 0 Å². The lowest BCUT2D eigenvalue weighted by atomic mass is 9.93. The van der Waals surface area contributed by atoms with Gasteiger partial charge in [-0.05, 0) is 29.8 Å². The van der Waals surface area contributed by atoms with Crippen LogP contribution < -0.4 is 18.9 Å². The molecule has 0 unspecified atom stereocenters. The zero-order valence-corrected chi connectivity index (χ0v) is 18.2. The summed E-state index contributed by atoms with van der Waals surface area (Å²) in [6.45, 7) is -0.302. The molecule has 3 aromatic carbocycles. The Hall–Kier alpha value is -3.82. The molecular formula is C25H24O9. The Kier molecular flexibility index (Phi) is 5.51. The average molecular weight is 468 g/mol. The Morgan fingerprint density at radius 2 is 1.56 bits per heavy atom. The van der Waals surface area contributed by atoms with Crippen molar-refractivity contribution in [1.82, 2.24) is 0 Å². The molecule has 0 amide bonds. The molecule has 9 heteroatoms. The van der Waals surface area contributed by atoms with Gasteiger partial charge in [-0.2, -0.15) is 0 Å². The maximum Gasteiger partial charge on any atom is 0.163 e. The van der Waals surface area contributed by atoms with E-state index in [9.17, 15) is 25.5 Å². The second-order valence-electron chi connectivity index (χ2n) is 8.27. The van der Waals surface area contributed by atoms with E-state index in [0.29, 0.717) is 28.2 Å². The maximum absolute atomic E-state index is 10.7. The summed E-state index contributed by atoms with van der Waals surface area (Å²) in [6, 6.07) is 12.4. The molecule has 4 atom stereocenters. The van der Waals surface area contributed by atoms with Crippen molar-refractivity contribution in [2.45, 2.75) is 30.8 Å². The minimum atomic E-state index is -0.951. The largest absolute Gasteiger partial charge is 0.508 e. The van der Waals surface area contributed by atoms with Crippen molar-refractivity contribution in [3.8, 4) is 40.2 Å². The monoisotopic (exact) mass is 468 g/mol. The zero-order valence-electron chi connectivity index (χ0n) is 18.2. The van der Waals surface area contributed by atoms with Crippen LogP contribution in [0.15, 0.2) is 48.5 Å². The fourth-order valence-electron chi connectivity index (χ4n) is 4.36. The number of ether oxygens (including phenoxy) is 4. The van der Waals surface area contributed by atoms with Gasteiger partial charge >= 0.3 is 0 Å². The van der Waals surface area contributed by atoms with Crippen molar-refractivity contribution >= 4 is 0 Å². The molecule has 9 nitrogen and oxygen atoms in total. The number of aliphatic hydroxyl groups excluding tert-OH is 2. The van der Waals surface area contributed by atoms with E-state index in [2.05, 4.69) is 0 Å². The van der Waals surface area contributed by atoms with Crippen LogP contribution in [0.4, 0.5) is 0 Å². The van der Waals surface area contributed by atoms with Gasteiger partial charge < -0.3 is 44.5 Å². The molecule has 0 bridgehead atoms. The van der Waals surface area contributed by atoms with E-state index in [1.54, 1.807) is 30.3 Å². The molecule has 5 N–H and O–H groups in total. The molecule has 34 heavy (non-hydrogen) atoms. The van der Waals surface area contributed by atoms with Crippen LogP contribution in [0.2, 0.25) is 0 Å². The summed E-state index contributed by atoms with van der Waals surface area (Å²) >= 11 is 0. The molecule has 0 aromatic heterocycles. The Balaban J connectivity index is 1.46. The normalized spacial score (nSPS) is 23.0. The van der Waals surface area contributed by atoms with Crippen LogP contribution in [-0.4, -0.2) is 51.5 Å². The van der Waals surface area contributed by atoms with Gasteiger partial charge in [0, 0.05) is 29.7 Å². The van der Waals surface area contributed by atoms with Crippen LogP contribution in [0, 0.1) is 0 Å². The number of aromatic hydroxyl groups is 3. The van der Waals surface area contributed by atoms with Gasteiger partial charge in [0.1, 0.15) is 23.4 Å². The third-order valence-corrected chi connectivity index (χ3v) is 6.07. The van der Waals surface area contributed by atoms with Crippen LogP contribution in [0.3, 0.4) is 0 Å². The molecule has 2 heterocycles. The summed E-state index contributed by atoms with van der Waals surface area (Å²) in [5.74, 6) is 1.06. The smallest absolute Gasteiger partial charge is 0.163 e. The summed E-state index contributed by atoms with van der Waals surface area (Å²) in [7, 11) is 1.44. The number of benzene rings is 3. The fourth-order valence-corrected chi connectivity index (χ4v) is 4.36. The molecule has 0 saturated heterocycles. The SMILES string of the molecule is COc1cc([C@@H]2Oc3cc([C@H]4Oc5cc(O)cc(O)c5C[C@@H]4O)ccc3O[C@H]2CO)ccc1O. The quantitative estimate of drug-likeness (QED) is 0.391. The standard InChI is InChI=1S/C25H24O9/c1-31-21-6-13(2-4-16(21)28)25-23(11-26)32-19-5-3-12(7-22(19)34-25)24-18(30)10-15-17(29)8-14(27)9-20(15)33-24/h2-9,18,23-30H,10-11H2,1H3/t18-,23-,24+,25-/m0/s1. The predicted octanol–water partition coefficient (Wildman–Crippen LogP) is 2.72. The predicted molar refractivity (Wildman–Crippen MR) is 119 cm³/mol. The molecule has 178 valence electrons. The molecule has 2 aliphatic rings. The minimum absolute atomic E-state index is 0.0213. The highest BCUT2D eigenvalue weighted by Crippen LogP contribution is 2.45. The number of fused-ring (bicyclic) bond motifs is 2. The van der Waals surface area contributed by atoms with Gasteiger partial charge in [-0.15, -0.1) is 0 Å². The highest BCUT2D eigenvalue weighted by Gasteiger charge is 2.36. The number of phenolic OH excluding ortho intramolecular Hbond substituents is 3. The number of phenols is 3. The number of methoxy groups -OCH3 is 1. The van der Waals surface area contributed by atoms with Gasteiger partial charge in [0.2, 0.25) is 0 Å². The first-order valence-corrected chi connectivity index (χ1v) is 10.7. The van der Waals surface area contributed by atoms with Gasteiger partial charge in [0.05, 0.1) is 19.8 Å². The first-order valence-electron chi connectivity index (χ1n) is 10.7. The number of rotatable bonds is 4. The second kappa shape index (κ2) is 8.51. The highest BCUT2D eigenvalue weighted by molar-refractivity contribution is 5.53. The van der Waals surface area contributed by atoms with Crippen molar-refractivity contribution in [2.24, 2.45) is 0 Å². The lowest BCUT2D eigenvalue weighted by Crippen LogP contribution is -2.36. The van der Waals surface area contributed by atoms with Crippen LogP contribution in [-0.2, 0) is 6.42 Å². The van der Waals surface area contributed by atoms with Crippen LogP contribution in [0.5, 0.6) is 40.2 Å². The Bertz CT molecular complexity index is 1230.